The molecule has 122 valence electrons. The lowest BCUT2D eigenvalue weighted by Gasteiger charge is -2.33. The lowest BCUT2D eigenvalue weighted by atomic mass is 9.98. The second-order valence-corrected chi connectivity index (χ2v) is 8.18. The Morgan fingerprint density at radius 3 is 2.86 bits per heavy atom. The van der Waals surface area contributed by atoms with Crippen LogP contribution in [0.2, 0.25) is 0 Å². The van der Waals surface area contributed by atoms with Crippen LogP contribution in [0, 0.1) is 5.92 Å². The molecule has 1 aromatic carbocycles. The van der Waals surface area contributed by atoms with Gasteiger partial charge in [-0.2, -0.15) is 8.78 Å². The summed E-state index contributed by atoms with van der Waals surface area (Å²) >= 11 is 0. The van der Waals surface area contributed by atoms with Gasteiger partial charge in [0.05, 0.1) is 11.5 Å². The maximum Gasteiger partial charge on any atom is 0.387 e. The van der Waals surface area contributed by atoms with Crippen LogP contribution in [0.5, 0.6) is 5.75 Å². The average molecular weight is 331 g/mol. The van der Waals surface area contributed by atoms with Crippen LogP contribution in [0.25, 0.3) is 0 Å². The molecule has 3 rings (SSSR count). The predicted molar refractivity (Wildman–Crippen MR) is 80.4 cm³/mol. The Labute approximate surface area is 129 Å². The largest absolute Gasteiger partial charge is 0.434 e. The molecule has 0 aromatic heterocycles. The minimum atomic E-state index is -2.90. The van der Waals surface area contributed by atoms with Crippen LogP contribution in [-0.4, -0.2) is 39.6 Å². The number of hydrogen-bond donors (Lipinski definition) is 0. The summed E-state index contributed by atoms with van der Waals surface area (Å²) < 4.78 is 52.8. The number of hydrogen-bond acceptors (Lipinski definition) is 4. The van der Waals surface area contributed by atoms with Crippen molar-refractivity contribution in [2.45, 2.75) is 25.9 Å². The van der Waals surface area contributed by atoms with Crippen LogP contribution in [0.3, 0.4) is 0 Å². The zero-order valence-corrected chi connectivity index (χ0v) is 13.0. The van der Waals surface area contributed by atoms with E-state index in [0.717, 1.165) is 24.2 Å². The van der Waals surface area contributed by atoms with Gasteiger partial charge in [0.15, 0.2) is 9.84 Å². The highest BCUT2D eigenvalue weighted by molar-refractivity contribution is 7.91. The molecule has 2 heterocycles. The van der Waals surface area contributed by atoms with Gasteiger partial charge in [-0.15, -0.1) is 0 Å². The van der Waals surface area contributed by atoms with E-state index in [9.17, 15) is 17.2 Å². The smallest absolute Gasteiger partial charge is 0.387 e. The Kier molecular flexibility index (Phi) is 4.25. The Morgan fingerprint density at radius 2 is 2.18 bits per heavy atom. The summed E-state index contributed by atoms with van der Waals surface area (Å²) in [5.74, 6) is 0.839. The lowest BCUT2D eigenvalue weighted by Crippen LogP contribution is -2.34. The van der Waals surface area contributed by atoms with E-state index >= 15 is 0 Å². The van der Waals surface area contributed by atoms with E-state index in [0.29, 0.717) is 19.4 Å². The normalized spacial score (nSPS) is 23.6. The number of fused-ring (bicyclic) bond motifs is 1. The molecule has 0 bridgehead atoms. The van der Waals surface area contributed by atoms with E-state index in [1.54, 1.807) is 12.1 Å². The van der Waals surface area contributed by atoms with Crippen LogP contribution < -0.4 is 9.64 Å². The molecule has 0 aliphatic carbocycles. The number of sulfone groups is 1. The molecule has 1 aromatic rings. The monoisotopic (exact) mass is 331 g/mol. The molecule has 0 saturated carbocycles. The highest BCUT2D eigenvalue weighted by atomic mass is 32.2. The highest BCUT2D eigenvalue weighted by Gasteiger charge is 2.31. The van der Waals surface area contributed by atoms with Crippen LogP contribution >= 0.6 is 0 Å². The van der Waals surface area contributed by atoms with Crippen molar-refractivity contribution in [2.75, 3.05) is 29.5 Å². The molecule has 2 aliphatic heterocycles. The molecule has 0 amide bonds. The molecule has 7 heteroatoms. The first-order valence-electron chi connectivity index (χ1n) is 7.47. The van der Waals surface area contributed by atoms with Gasteiger partial charge < -0.3 is 9.64 Å². The maximum absolute atomic E-state index is 12.5. The minimum Gasteiger partial charge on any atom is -0.434 e. The zero-order valence-electron chi connectivity index (χ0n) is 12.2. The number of anilines is 1. The van der Waals surface area contributed by atoms with Gasteiger partial charge in [-0.3, -0.25) is 0 Å². The second kappa shape index (κ2) is 6.02. The third kappa shape index (κ3) is 3.34. The van der Waals surface area contributed by atoms with E-state index in [4.69, 9.17) is 0 Å². The molecule has 4 nitrogen and oxygen atoms in total. The van der Waals surface area contributed by atoms with Crippen LogP contribution in [0.4, 0.5) is 14.5 Å². The Morgan fingerprint density at radius 1 is 1.36 bits per heavy atom. The SMILES string of the molecule is O=S1(=O)CCC(CN2CCCc3c(OC(F)F)cccc32)C1. The van der Waals surface area contributed by atoms with E-state index in [1.165, 1.54) is 0 Å². The molecule has 1 unspecified atom stereocenters. The standard InChI is InChI=1S/C15H19F2NO3S/c16-15(17)21-14-5-1-4-13-12(14)3-2-7-18(13)9-11-6-8-22(19,20)10-11/h1,4-5,11,15H,2-3,6-10H2. The van der Waals surface area contributed by atoms with E-state index in [2.05, 4.69) is 9.64 Å². The quantitative estimate of drug-likeness (QED) is 0.850. The van der Waals surface area contributed by atoms with Gasteiger partial charge in [-0.05, 0) is 37.3 Å². The average Bonchev–Trinajstić information content (AvgIpc) is 2.78. The summed E-state index contributed by atoms with van der Waals surface area (Å²) in [7, 11) is -2.90. The van der Waals surface area contributed by atoms with Crippen molar-refractivity contribution >= 4 is 15.5 Å². The Balaban J connectivity index is 1.79. The maximum atomic E-state index is 12.5. The number of halogens is 2. The molecule has 1 saturated heterocycles. The fourth-order valence-electron chi connectivity index (χ4n) is 3.39. The van der Waals surface area contributed by atoms with Crippen molar-refractivity contribution in [3.8, 4) is 5.75 Å². The molecular weight excluding hydrogens is 312 g/mol. The third-order valence-electron chi connectivity index (χ3n) is 4.33. The third-order valence-corrected chi connectivity index (χ3v) is 6.16. The molecule has 0 N–H and O–H groups in total. The van der Waals surface area contributed by atoms with Crippen LogP contribution in [0.1, 0.15) is 18.4 Å². The molecular formula is C15H19F2NO3S. The lowest BCUT2D eigenvalue weighted by molar-refractivity contribution is -0.0504. The molecule has 0 radical (unpaired) electrons. The number of nitrogens with zero attached hydrogens (tertiary/aromatic N) is 1. The Bertz CT molecular complexity index is 648. The molecule has 1 atom stereocenters. The zero-order chi connectivity index (χ0) is 15.7. The summed E-state index contributed by atoms with van der Waals surface area (Å²) in [6, 6.07) is 5.17. The second-order valence-electron chi connectivity index (χ2n) is 5.95. The fourth-order valence-corrected chi connectivity index (χ4v) is 5.24. The highest BCUT2D eigenvalue weighted by Crippen LogP contribution is 2.36. The first-order valence-corrected chi connectivity index (χ1v) is 9.29. The summed E-state index contributed by atoms with van der Waals surface area (Å²) in [4.78, 5) is 2.11. The van der Waals surface area contributed by atoms with Gasteiger partial charge in [-0.25, -0.2) is 8.42 Å². The molecule has 22 heavy (non-hydrogen) atoms. The van der Waals surface area contributed by atoms with Crippen molar-refractivity contribution in [1.29, 1.82) is 0 Å². The number of alkyl halides is 2. The van der Waals surface area contributed by atoms with Crippen molar-refractivity contribution in [3.63, 3.8) is 0 Å². The van der Waals surface area contributed by atoms with E-state index in [-0.39, 0.29) is 23.2 Å². The molecule has 1 fully saturated rings. The summed E-state index contributed by atoms with van der Waals surface area (Å²) in [6.45, 7) is -1.35. The minimum absolute atomic E-state index is 0.121. The summed E-state index contributed by atoms with van der Waals surface area (Å²) in [5.41, 5.74) is 1.70. The first kappa shape index (κ1) is 15.5. The van der Waals surface area contributed by atoms with Crippen molar-refractivity contribution in [3.05, 3.63) is 23.8 Å². The van der Waals surface area contributed by atoms with Crippen molar-refractivity contribution < 1.29 is 21.9 Å². The van der Waals surface area contributed by atoms with Crippen LogP contribution in [0.15, 0.2) is 18.2 Å². The van der Waals surface area contributed by atoms with E-state index < -0.39 is 16.4 Å². The van der Waals surface area contributed by atoms with Gasteiger partial charge in [0.1, 0.15) is 5.75 Å². The number of benzene rings is 1. The van der Waals surface area contributed by atoms with Gasteiger partial charge in [0.2, 0.25) is 0 Å². The van der Waals surface area contributed by atoms with Crippen molar-refractivity contribution in [1.82, 2.24) is 0 Å². The first-order chi connectivity index (χ1) is 10.4. The summed E-state index contributed by atoms with van der Waals surface area (Å²) in [5, 5.41) is 0. The summed E-state index contributed by atoms with van der Waals surface area (Å²) in [6.07, 6.45) is 2.25. The van der Waals surface area contributed by atoms with E-state index in [1.807, 2.05) is 6.07 Å². The van der Waals surface area contributed by atoms with Gasteiger partial charge in [0.25, 0.3) is 0 Å². The molecule has 0 spiro atoms. The van der Waals surface area contributed by atoms with Gasteiger partial charge >= 0.3 is 6.61 Å². The topological polar surface area (TPSA) is 46.6 Å². The number of ether oxygens (including phenoxy) is 1. The van der Waals surface area contributed by atoms with Crippen LogP contribution in [-0.2, 0) is 16.3 Å². The van der Waals surface area contributed by atoms with Gasteiger partial charge in [0, 0.05) is 24.3 Å². The molecule has 2 aliphatic rings. The Hall–Kier alpha value is -1.37. The predicted octanol–water partition coefficient (Wildman–Crippen LogP) is 2.48. The van der Waals surface area contributed by atoms with Gasteiger partial charge in [-0.1, -0.05) is 6.07 Å². The fraction of sp³-hybridized carbons (Fsp3) is 0.600. The van der Waals surface area contributed by atoms with Crippen molar-refractivity contribution in [2.24, 2.45) is 5.92 Å². The number of rotatable bonds is 4.